The zero-order valence-corrected chi connectivity index (χ0v) is 19.9. The van der Waals surface area contributed by atoms with Gasteiger partial charge in [-0.2, -0.15) is 0 Å². The second-order valence-corrected chi connectivity index (χ2v) is 8.35. The van der Waals surface area contributed by atoms with Crippen molar-refractivity contribution >= 4 is 14.2 Å². The molecule has 0 amide bonds. The Hall–Kier alpha value is -0.550. The monoisotopic (exact) mass is 394 g/mol. The third-order valence-corrected chi connectivity index (χ3v) is 3.78. The molecule has 0 N–H and O–H groups in total. The van der Waals surface area contributed by atoms with Crippen molar-refractivity contribution in [2.24, 2.45) is 0 Å². The fourth-order valence-electron chi connectivity index (χ4n) is 2.60. The molecule has 0 aromatic rings. The van der Waals surface area contributed by atoms with Crippen molar-refractivity contribution in [1.29, 1.82) is 0 Å². The first-order valence-corrected chi connectivity index (χ1v) is 11.2. The van der Waals surface area contributed by atoms with E-state index in [2.05, 4.69) is 19.1 Å². The van der Waals surface area contributed by atoms with E-state index in [1.54, 1.807) is 0 Å². The van der Waals surface area contributed by atoms with Gasteiger partial charge in [0.25, 0.3) is 0 Å². The highest BCUT2D eigenvalue weighted by molar-refractivity contribution is 6.77. The third kappa shape index (κ3) is 14.4. The summed E-state index contributed by atoms with van der Waals surface area (Å²) >= 11 is 0. The van der Waals surface area contributed by atoms with E-state index in [9.17, 15) is 0 Å². The Kier molecular flexibility index (Phi) is 15.9. The summed E-state index contributed by atoms with van der Waals surface area (Å²) in [5, 5.41) is 0.870. The summed E-state index contributed by atoms with van der Waals surface area (Å²) in [5.74, 6) is 0. The second-order valence-electron chi connectivity index (χ2n) is 8.35. The Bertz CT molecular complexity index is 388. The van der Waals surface area contributed by atoms with Crippen LogP contribution in [-0.4, -0.2) is 38.7 Å². The number of rotatable bonds is 16. The van der Waals surface area contributed by atoms with Crippen LogP contribution in [0.4, 0.5) is 0 Å². The fourth-order valence-corrected chi connectivity index (χ4v) is 2.60. The standard InChI is InChI=1S/C22H44B2O4/c1-10-11-12-13-14-15-16-17-22(23(25-18(2)3)26-19(4)5)24(27-20(6)7)28-21(8)9/h15-21H,10-14H2,1-9H3/b16-15+. The predicted molar refractivity (Wildman–Crippen MR) is 122 cm³/mol. The van der Waals surface area contributed by atoms with Crippen molar-refractivity contribution < 1.29 is 18.6 Å². The molecule has 0 unspecified atom stereocenters. The molecular formula is C22H44B2O4. The van der Waals surface area contributed by atoms with E-state index in [1.807, 2.05) is 61.5 Å². The minimum absolute atomic E-state index is 0.0314. The fraction of sp³-hybridized carbons (Fsp3) is 0.818. The van der Waals surface area contributed by atoms with E-state index in [1.165, 1.54) is 25.7 Å². The summed E-state index contributed by atoms with van der Waals surface area (Å²) < 4.78 is 24.4. The molecule has 0 bridgehead atoms. The Labute approximate surface area is 175 Å². The summed E-state index contributed by atoms with van der Waals surface area (Å²) in [5.41, 5.74) is 0. The molecule has 0 aliphatic rings. The van der Waals surface area contributed by atoms with E-state index >= 15 is 0 Å². The lowest BCUT2D eigenvalue weighted by atomic mass is 9.56. The van der Waals surface area contributed by atoms with E-state index < -0.39 is 14.2 Å². The highest BCUT2D eigenvalue weighted by Gasteiger charge is 2.38. The zero-order valence-electron chi connectivity index (χ0n) is 19.9. The quantitative estimate of drug-likeness (QED) is 0.178. The molecule has 0 atom stereocenters. The van der Waals surface area contributed by atoms with E-state index in [4.69, 9.17) is 18.6 Å². The van der Waals surface area contributed by atoms with Gasteiger partial charge in [0, 0.05) is 24.4 Å². The average Bonchev–Trinajstić information content (AvgIpc) is 2.54. The summed E-state index contributed by atoms with van der Waals surface area (Å²) in [6, 6.07) is 0. The average molecular weight is 394 g/mol. The molecule has 0 heterocycles. The maximum atomic E-state index is 6.09. The van der Waals surface area contributed by atoms with Crippen molar-refractivity contribution in [3.63, 3.8) is 0 Å². The molecule has 0 spiro atoms. The normalized spacial score (nSPS) is 12.0. The van der Waals surface area contributed by atoms with E-state index in [0.717, 1.165) is 11.8 Å². The number of hydrogen-bond acceptors (Lipinski definition) is 4. The smallest absolute Gasteiger partial charge is 0.406 e. The van der Waals surface area contributed by atoms with Crippen molar-refractivity contribution in [3.05, 3.63) is 23.6 Å². The Morgan fingerprint density at radius 2 is 1.11 bits per heavy atom. The SMILES string of the molecule is CCCCCC/C=C/C=C(B(OC(C)C)OC(C)C)B(OC(C)C)OC(C)C. The number of unbranched alkanes of at least 4 members (excludes halogenated alkanes) is 4. The van der Waals surface area contributed by atoms with Gasteiger partial charge in [-0.3, -0.25) is 0 Å². The largest absolute Gasteiger partial charge is 0.486 e. The molecule has 0 fully saturated rings. The van der Waals surface area contributed by atoms with Crippen LogP contribution in [-0.2, 0) is 18.6 Å². The summed E-state index contributed by atoms with van der Waals surface area (Å²) in [4.78, 5) is 0. The maximum Gasteiger partial charge on any atom is 0.486 e. The molecule has 4 nitrogen and oxygen atoms in total. The lowest BCUT2D eigenvalue weighted by molar-refractivity contribution is 0.123. The molecule has 0 saturated heterocycles. The third-order valence-electron chi connectivity index (χ3n) is 3.78. The van der Waals surface area contributed by atoms with Gasteiger partial charge in [-0.25, -0.2) is 0 Å². The molecule has 0 rings (SSSR count). The Morgan fingerprint density at radius 3 is 1.46 bits per heavy atom. The molecule has 0 saturated carbocycles. The van der Waals surface area contributed by atoms with Crippen LogP contribution in [0.2, 0.25) is 0 Å². The van der Waals surface area contributed by atoms with Gasteiger partial charge in [-0.15, -0.1) is 0 Å². The lowest BCUT2D eigenvalue weighted by Gasteiger charge is -2.27. The second kappa shape index (κ2) is 16.3. The van der Waals surface area contributed by atoms with Crippen LogP contribution >= 0.6 is 0 Å². The summed E-state index contributed by atoms with van der Waals surface area (Å²) in [6.07, 6.45) is 12.6. The molecular weight excluding hydrogens is 350 g/mol. The first kappa shape index (κ1) is 27.4. The topological polar surface area (TPSA) is 36.9 Å². The van der Waals surface area contributed by atoms with Gasteiger partial charge >= 0.3 is 14.2 Å². The molecule has 6 heteroatoms. The van der Waals surface area contributed by atoms with Crippen molar-refractivity contribution in [3.8, 4) is 0 Å². The molecule has 0 radical (unpaired) electrons. The molecule has 0 aliphatic heterocycles. The molecule has 0 aromatic carbocycles. The first-order valence-electron chi connectivity index (χ1n) is 11.2. The predicted octanol–water partition coefficient (Wildman–Crippen LogP) is 6.19. The van der Waals surface area contributed by atoms with Crippen LogP contribution in [0.15, 0.2) is 23.6 Å². The van der Waals surface area contributed by atoms with E-state index in [0.29, 0.717) is 0 Å². The van der Waals surface area contributed by atoms with Crippen LogP contribution < -0.4 is 0 Å². The molecule has 28 heavy (non-hydrogen) atoms. The maximum absolute atomic E-state index is 6.09. The lowest BCUT2D eigenvalue weighted by Crippen LogP contribution is -2.43. The number of hydrogen-bond donors (Lipinski definition) is 0. The minimum Gasteiger partial charge on any atom is -0.406 e. The molecule has 0 aliphatic carbocycles. The van der Waals surface area contributed by atoms with Crippen LogP contribution in [0.5, 0.6) is 0 Å². The van der Waals surface area contributed by atoms with Gasteiger partial charge in [-0.05, 0) is 73.6 Å². The van der Waals surface area contributed by atoms with Gasteiger partial charge in [0.05, 0.1) is 0 Å². The Morgan fingerprint density at radius 1 is 0.679 bits per heavy atom. The van der Waals surface area contributed by atoms with Crippen molar-refractivity contribution in [2.45, 2.75) is 119 Å². The van der Waals surface area contributed by atoms with E-state index in [-0.39, 0.29) is 24.4 Å². The first-order chi connectivity index (χ1) is 13.2. The van der Waals surface area contributed by atoms with Gasteiger partial charge in [-0.1, -0.05) is 44.4 Å². The summed E-state index contributed by atoms with van der Waals surface area (Å²) in [6.45, 7) is 18.3. The molecule has 0 aromatic heterocycles. The highest BCUT2D eigenvalue weighted by Crippen LogP contribution is 2.18. The minimum atomic E-state index is -0.507. The highest BCUT2D eigenvalue weighted by atomic mass is 16.6. The van der Waals surface area contributed by atoms with Crippen molar-refractivity contribution in [2.75, 3.05) is 0 Å². The van der Waals surface area contributed by atoms with Crippen molar-refractivity contribution in [1.82, 2.24) is 0 Å². The molecule has 162 valence electrons. The van der Waals surface area contributed by atoms with Crippen LogP contribution in [0, 0.1) is 0 Å². The number of allylic oxidation sites excluding steroid dienone is 3. The van der Waals surface area contributed by atoms with Gasteiger partial charge in [0.2, 0.25) is 0 Å². The zero-order chi connectivity index (χ0) is 21.5. The van der Waals surface area contributed by atoms with Crippen LogP contribution in [0.25, 0.3) is 0 Å². The van der Waals surface area contributed by atoms with Crippen LogP contribution in [0.1, 0.15) is 94.4 Å². The Balaban J connectivity index is 5.53. The van der Waals surface area contributed by atoms with Gasteiger partial charge in [0.15, 0.2) is 0 Å². The van der Waals surface area contributed by atoms with Gasteiger partial charge in [0.1, 0.15) is 0 Å². The van der Waals surface area contributed by atoms with Gasteiger partial charge < -0.3 is 18.6 Å². The van der Waals surface area contributed by atoms with Crippen LogP contribution in [0.3, 0.4) is 0 Å². The summed E-state index contributed by atoms with van der Waals surface area (Å²) in [7, 11) is -1.01.